The molecular weight excluding hydrogens is 301 g/mol. The standard InChI is InChI=1S/C12H12FN3O4S/c1-6-11(7(2)20-16-6)12(17)15-10-5-8(21(14,18)19)3-4-9(10)13/h3-5H,1-2H3,(H,15,17)(H2,14,18,19). The molecule has 0 aliphatic carbocycles. The Labute approximate surface area is 120 Å². The highest BCUT2D eigenvalue weighted by Gasteiger charge is 2.20. The van der Waals surface area contributed by atoms with E-state index in [0.29, 0.717) is 5.69 Å². The average molecular weight is 313 g/mol. The van der Waals surface area contributed by atoms with Gasteiger partial charge in [0.1, 0.15) is 17.1 Å². The van der Waals surface area contributed by atoms with E-state index < -0.39 is 21.7 Å². The fourth-order valence-corrected chi connectivity index (χ4v) is 2.31. The van der Waals surface area contributed by atoms with Gasteiger partial charge in [0, 0.05) is 0 Å². The first-order chi connectivity index (χ1) is 9.70. The van der Waals surface area contributed by atoms with Gasteiger partial charge in [-0.3, -0.25) is 4.79 Å². The molecule has 1 aromatic carbocycles. The van der Waals surface area contributed by atoms with Crippen molar-refractivity contribution in [1.29, 1.82) is 0 Å². The van der Waals surface area contributed by atoms with Crippen LogP contribution in [-0.2, 0) is 10.0 Å². The van der Waals surface area contributed by atoms with E-state index in [9.17, 15) is 17.6 Å². The summed E-state index contributed by atoms with van der Waals surface area (Å²) in [6.45, 7) is 3.09. The summed E-state index contributed by atoms with van der Waals surface area (Å²) in [6.07, 6.45) is 0. The minimum atomic E-state index is -4.00. The molecule has 1 amide bonds. The second kappa shape index (κ2) is 5.26. The first kappa shape index (κ1) is 15.1. The lowest BCUT2D eigenvalue weighted by molar-refractivity contribution is 0.102. The molecule has 0 saturated carbocycles. The van der Waals surface area contributed by atoms with E-state index in [2.05, 4.69) is 10.5 Å². The van der Waals surface area contributed by atoms with E-state index in [1.165, 1.54) is 6.92 Å². The number of nitrogens with one attached hydrogen (secondary N) is 1. The number of anilines is 1. The maximum absolute atomic E-state index is 13.7. The largest absolute Gasteiger partial charge is 0.361 e. The van der Waals surface area contributed by atoms with Gasteiger partial charge < -0.3 is 9.84 Å². The Morgan fingerprint density at radius 1 is 1.38 bits per heavy atom. The number of sulfonamides is 1. The van der Waals surface area contributed by atoms with E-state index in [1.807, 2.05) is 0 Å². The van der Waals surface area contributed by atoms with Crippen molar-refractivity contribution in [3.63, 3.8) is 0 Å². The number of hydrogen-bond acceptors (Lipinski definition) is 5. The predicted molar refractivity (Wildman–Crippen MR) is 71.7 cm³/mol. The van der Waals surface area contributed by atoms with Crippen LogP contribution >= 0.6 is 0 Å². The number of benzene rings is 1. The van der Waals surface area contributed by atoms with Gasteiger partial charge in [-0.15, -0.1) is 0 Å². The minimum Gasteiger partial charge on any atom is -0.361 e. The zero-order valence-electron chi connectivity index (χ0n) is 11.2. The molecule has 0 spiro atoms. The van der Waals surface area contributed by atoms with Crippen LogP contribution in [0.1, 0.15) is 21.8 Å². The number of carbonyl (C=O) groups is 1. The maximum atomic E-state index is 13.7. The first-order valence-electron chi connectivity index (χ1n) is 5.76. The molecule has 2 rings (SSSR count). The zero-order chi connectivity index (χ0) is 15.8. The first-order valence-corrected chi connectivity index (χ1v) is 7.31. The zero-order valence-corrected chi connectivity index (χ0v) is 12.0. The highest BCUT2D eigenvalue weighted by atomic mass is 32.2. The summed E-state index contributed by atoms with van der Waals surface area (Å²) >= 11 is 0. The van der Waals surface area contributed by atoms with Crippen LogP contribution < -0.4 is 10.5 Å². The molecule has 21 heavy (non-hydrogen) atoms. The van der Waals surface area contributed by atoms with Gasteiger partial charge in [0.2, 0.25) is 10.0 Å². The molecule has 0 unspecified atom stereocenters. The lowest BCUT2D eigenvalue weighted by atomic mass is 10.2. The van der Waals surface area contributed by atoms with Crippen LogP contribution in [0.3, 0.4) is 0 Å². The predicted octanol–water partition coefficient (Wildman–Crippen LogP) is 1.33. The SMILES string of the molecule is Cc1noc(C)c1C(=O)Nc1cc(S(N)(=O)=O)ccc1F. The number of amides is 1. The molecule has 0 fully saturated rings. The van der Waals surface area contributed by atoms with Gasteiger partial charge in [0.05, 0.1) is 16.3 Å². The molecule has 0 saturated heterocycles. The molecule has 112 valence electrons. The topological polar surface area (TPSA) is 115 Å². The molecule has 0 bridgehead atoms. The van der Waals surface area contributed by atoms with E-state index in [0.717, 1.165) is 18.2 Å². The minimum absolute atomic E-state index is 0.162. The molecule has 1 heterocycles. The number of nitrogens with two attached hydrogens (primary N) is 1. The maximum Gasteiger partial charge on any atom is 0.261 e. The molecular formula is C12H12FN3O4S. The molecule has 7 nitrogen and oxygen atoms in total. The van der Waals surface area contributed by atoms with Crippen LogP contribution in [0.4, 0.5) is 10.1 Å². The van der Waals surface area contributed by atoms with Crippen molar-refractivity contribution < 1.29 is 22.1 Å². The van der Waals surface area contributed by atoms with Crippen LogP contribution in [0.15, 0.2) is 27.6 Å². The Bertz CT molecular complexity index is 794. The second-order valence-corrected chi connectivity index (χ2v) is 5.90. The summed E-state index contributed by atoms with van der Waals surface area (Å²) in [5, 5.41) is 10.8. The monoisotopic (exact) mass is 313 g/mol. The van der Waals surface area contributed by atoms with Crippen molar-refractivity contribution in [2.75, 3.05) is 5.32 Å². The lowest BCUT2D eigenvalue weighted by Crippen LogP contribution is -2.16. The number of nitrogens with zero attached hydrogens (tertiary/aromatic N) is 1. The van der Waals surface area contributed by atoms with Crippen LogP contribution in [0.25, 0.3) is 0 Å². The van der Waals surface area contributed by atoms with E-state index in [-0.39, 0.29) is 21.9 Å². The Kier molecular flexibility index (Phi) is 3.79. The van der Waals surface area contributed by atoms with Gasteiger partial charge in [0.15, 0.2) is 0 Å². The molecule has 0 aliphatic heterocycles. The number of hydrogen-bond donors (Lipinski definition) is 2. The Hall–Kier alpha value is -2.26. The fraction of sp³-hybridized carbons (Fsp3) is 0.167. The molecule has 9 heteroatoms. The quantitative estimate of drug-likeness (QED) is 0.887. The molecule has 3 N–H and O–H groups in total. The van der Waals surface area contributed by atoms with Crippen molar-refractivity contribution in [2.45, 2.75) is 18.7 Å². The van der Waals surface area contributed by atoms with E-state index in [1.54, 1.807) is 6.92 Å². The Balaban J connectivity index is 2.38. The number of carbonyl (C=O) groups excluding carboxylic acids is 1. The second-order valence-electron chi connectivity index (χ2n) is 4.34. The highest BCUT2D eigenvalue weighted by molar-refractivity contribution is 7.89. The fourth-order valence-electron chi connectivity index (χ4n) is 1.77. The summed E-state index contributed by atoms with van der Waals surface area (Å²) in [5.74, 6) is -1.17. The van der Waals surface area contributed by atoms with Gasteiger partial charge in [-0.2, -0.15) is 0 Å². The highest BCUT2D eigenvalue weighted by Crippen LogP contribution is 2.21. The lowest BCUT2D eigenvalue weighted by Gasteiger charge is -2.07. The Morgan fingerprint density at radius 2 is 2.05 bits per heavy atom. The number of aryl methyl sites for hydroxylation is 2. The summed E-state index contributed by atoms with van der Waals surface area (Å²) in [7, 11) is -4.00. The van der Waals surface area contributed by atoms with E-state index in [4.69, 9.17) is 9.66 Å². The number of rotatable bonds is 3. The third kappa shape index (κ3) is 3.09. The van der Waals surface area contributed by atoms with Crippen molar-refractivity contribution in [1.82, 2.24) is 5.16 Å². The summed E-state index contributed by atoms with van der Waals surface area (Å²) in [5.41, 5.74) is 0.204. The number of primary sulfonamides is 1. The van der Waals surface area contributed by atoms with Gasteiger partial charge in [-0.05, 0) is 32.0 Å². The van der Waals surface area contributed by atoms with Gasteiger partial charge >= 0.3 is 0 Å². The normalized spacial score (nSPS) is 11.4. The molecule has 0 radical (unpaired) electrons. The average Bonchev–Trinajstić information content (AvgIpc) is 2.70. The third-order valence-corrected chi connectivity index (χ3v) is 3.69. The van der Waals surface area contributed by atoms with Crippen molar-refractivity contribution in [3.8, 4) is 0 Å². The van der Waals surface area contributed by atoms with E-state index >= 15 is 0 Å². The number of halogens is 1. The molecule has 2 aromatic rings. The summed E-state index contributed by atoms with van der Waals surface area (Å²) < 4.78 is 41.0. The number of aromatic nitrogens is 1. The molecule has 0 atom stereocenters. The van der Waals surface area contributed by atoms with Crippen molar-refractivity contribution in [3.05, 3.63) is 41.0 Å². The molecule has 1 aromatic heterocycles. The molecule has 0 aliphatic rings. The third-order valence-electron chi connectivity index (χ3n) is 2.77. The van der Waals surface area contributed by atoms with Gasteiger partial charge in [-0.25, -0.2) is 17.9 Å². The van der Waals surface area contributed by atoms with Crippen molar-refractivity contribution in [2.24, 2.45) is 5.14 Å². The summed E-state index contributed by atoms with van der Waals surface area (Å²) in [4.78, 5) is 11.8. The summed E-state index contributed by atoms with van der Waals surface area (Å²) in [6, 6.07) is 2.86. The smallest absolute Gasteiger partial charge is 0.261 e. The van der Waals surface area contributed by atoms with Crippen molar-refractivity contribution >= 4 is 21.6 Å². The van der Waals surface area contributed by atoms with Crippen LogP contribution in [0.2, 0.25) is 0 Å². The van der Waals surface area contributed by atoms with Crippen LogP contribution in [0, 0.1) is 19.7 Å². The van der Waals surface area contributed by atoms with Gasteiger partial charge in [-0.1, -0.05) is 5.16 Å². The van der Waals surface area contributed by atoms with Gasteiger partial charge in [0.25, 0.3) is 5.91 Å². The van der Waals surface area contributed by atoms with Crippen LogP contribution in [-0.4, -0.2) is 19.5 Å². The van der Waals surface area contributed by atoms with Crippen LogP contribution in [0.5, 0.6) is 0 Å². The Morgan fingerprint density at radius 3 is 2.57 bits per heavy atom.